The largest absolute Gasteiger partial charge is 0.497 e. The molecule has 0 saturated carbocycles. The summed E-state index contributed by atoms with van der Waals surface area (Å²) in [5, 5.41) is 6.21. The Labute approximate surface area is 142 Å². The van der Waals surface area contributed by atoms with Crippen LogP contribution in [0.4, 0.5) is 0 Å². The first-order valence-corrected chi connectivity index (χ1v) is 8.60. The summed E-state index contributed by atoms with van der Waals surface area (Å²) in [6.45, 7) is 2.23. The normalized spacial score (nSPS) is 23.5. The Balaban J connectivity index is 1.49. The molecule has 2 atom stereocenters. The van der Waals surface area contributed by atoms with Gasteiger partial charge in [-0.2, -0.15) is 0 Å². The number of benzene rings is 1. The minimum Gasteiger partial charge on any atom is -0.497 e. The SMILES string of the molecule is COc1ccc(CN2CCC(NC(=O)CC3CCCN3)C2=O)cc1. The number of hydrogen-bond acceptors (Lipinski definition) is 4. The predicted molar refractivity (Wildman–Crippen MR) is 90.6 cm³/mol. The Morgan fingerprint density at radius 2 is 2.12 bits per heavy atom. The minimum absolute atomic E-state index is 0.0125. The predicted octanol–water partition coefficient (Wildman–Crippen LogP) is 1.05. The Kier molecular flexibility index (Phi) is 5.35. The average molecular weight is 331 g/mol. The van der Waals surface area contributed by atoms with E-state index >= 15 is 0 Å². The molecule has 2 aliphatic rings. The van der Waals surface area contributed by atoms with Gasteiger partial charge in [0.05, 0.1) is 7.11 Å². The van der Waals surface area contributed by atoms with Gasteiger partial charge in [0.2, 0.25) is 11.8 Å². The van der Waals surface area contributed by atoms with E-state index in [1.807, 2.05) is 24.3 Å². The zero-order chi connectivity index (χ0) is 16.9. The maximum absolute atomic E-state index is 12.5. The van der Waals surface area contributed by atoms with Gasteiger partial charge in [0.25, 0.3) is 0 Å². The second-order valence-electron chi connectivity index (χ2n) is 6.51. The summed E-state index contributed by atoms with van der Waals surface area (Å²) in [4.78, 5) is 26.4. The summed E-state index contributed by atoms with van der Waals surface area (Å²) in [5.74, 6) is 0.787. The summed E-state index contributed by atoms with van der Waals surface area (Å²) in [6, 6.07) is 7.59. The number of nitrogens with zero attached hydrogens (tertiary/aromatic N) is 1. The number of ether oxygens (including phenoxy) is 1. The third-order valence-electron chi connectivity index (χ3n) is 4.76. The molecule has 0 aliphatic carbocycles. The number of rotatable bonds is 6. The highest BCUT2D eigenvalue weighted by Crippen LogP contribution is 2.18. The van der Waals surface area contributed by atoms with E-state index in [1.54, 1.807) is 12.0 Å². The number of nitrogens with one attached hydrogen (secondary N) is 2. The first kappa shape index (κ1) is 16.8. The molecule has 0 spiro atoms. The van der Waals surface area contributed by atoms with Crippen LogP contribution in [0.25, 0.3) is 0 Å². The molecule has 3 rings (SSSR count). The monoisotopic (exact) mass is 331 g/mol. The van der Waals surface area contributed by atoms with Gasteiger partial charge in [-0.05, 0) is 43.5 Å². The molecule has 2 unspecified atom stereocenters. The molecule has 2 saturated heterocycles. The van der Waals surface area contributed by atoms with E-state index in [2.05, 4.69) is 10.6 Å². The van der Waals surface area contributed by atoms with Crippen molar-refractivity contribution >= 4 is 11.8 Å². The third-order valence-corrected chi connectivity index (χ3v) is 4.76. The van der Waals surface area contributed by atoms with Crippen molar-refractivity contribution in [1.29, 1.82) is 0 Å². The van der Waals surface area contributed by atoms with Gasteiger partial charge >= 0.3 is 0 Å². The molecule has 2 aliphatic heterocycles. The molecule has 6 nitrogen and oxygen atoms in total. The van der Waals surface area contributed by atoms with Crippen LogP contribution in [0.2, 0.25) is 0 Å². The van der Waals surface area contributed by atoms with Crippen LogP contribution in [0.5, 0.6) is 5.75 Å². The van der Waals surface area contributed by atoms with Gasteiger partial charge in [0.15, 0.2) is 0 Å². The fourth-order valence-electron chi connectivity index (χ4n) is 3.39. The summed E-state index contributed by atoms with van der Waals surface area (Å²) < 4.78 is 5.14. The van der Waals surface area contributed by atoms with Crippen LogP contribution in [0.1, 0.15) is 31.2 Å². The first-order chi connectivity index (χ1) is 11.7. The molecule has 24 heavy (non-hydrogen) atoms. The van der Waals surface area contributed by atoms with Gasteiger partial charge in [-0.1, -0.05) is 12.1 Å². The molecule has 0 aromatic heterocycles. The van der Waals surface area contributed by atoms with E-state index in [4.69, 9.17) is 4.74 Å². The van der Waals surface area contributed by atoms with Crippen LogP contribution in [0.3, 0.4) is 0 Å². The zero-order valence-corrected chi connectivity index (χ0v) is 14.1. The van der Waals surface area contributed by atoms with Crippen molar-refractivity contribution in [2.24, 2.45) is 0 Å². The summed E-state index contributed by atoms with van der Waals surface area (Å²) in [5.41, 5.74) is 1.06. The van der Waals surface area contributed by atoms with Crippen LogP contribution in [-0.4, -0.2) is 49.0 Å². The Morgan fingerprint density at radius 3 is 2.79 bits per heavy atom. The van der Waals surface area contributed by atoms with Crippen molar-refractivity contribution in [3.8, 4) is 5.75 Å². The molecular formula is C18H25N3O3. The van der Waals surface area contributed by atoms with Crippen molar-refractivity contribution in [3.05, 3.63) is 29.8 Å². The van der Waals surface area contributed by atoms with Gasteiger partial charge < -0.3 is 20.3 Å². The van der Waals surface area contributed by atoms with Crippen molar-refractivity contribution < 1.29 is 14.3 Å². The molecule has 1 aromatic rings. The van der Waals surface area contributed by atoms with E-state index < -0.39 is 0 Å². The maximum atomic E-state index is 12.5. The van der Waals surface area contributed by atoms with E-state index in [-0.39, 0.29) is 23.9 Å². The zero-order valence-electron chi connectivity index (χ0n) is 14.1. The molecule has 2 amide bonds. The van der Waals surface area contributed by atoms with Gasteiger partial charge in [-0.3, -0.25) is 9.59 Å². The molecule has 2 fully saturated rings. The highest BCUT2D eigenvalue weighted by molar-refractivity contribution is 5.89. The van der Waals surface area contributed by atoms with Gasteiger partial charge in [-0.25, -0.2) is 0 Å². The van der Waals surface area contributed by atoms with Crippen molar-refractivity contribution in [1.82, 2.24) is 15.5 Å². The molecule has 130 valence electrons. The maximum Gasteiger partial charge on any atom is 0.245 e. The molecule has 0 radical (unpaired) electrons. The lowest BCUT2D eigenvalue weighted by molar-refractivity contribution is -0.133. The fraction of sp³-hybridized carbons (Fsp3) is 0.556. The molecular weight excluding hydrogens is 306 g/mol. The molecule has 1 aromatic carbocycles. The number of hydrogen-bond donors (Lipinski definition) is 2. The third kappa shape index (κ3) is 4.06. The molecule has 0 bridgehead atoms. The topological polar surface area (TPSA) is 70.7 Å². The Bertz CT molecular complexity index is 582. The van der Waals surface area contributed by atoms with Gasteiger partial charge in [-0.15, -0.1) is 0 Å². The lowest BCUT2D eigenvalue weighted by Gasteiger charge is -2.18. The lowest BCUT2D eigenvalue weighted by Crippen LogP contribution is -2.43. The summed E-state index contributed by atoms with van der Waals surface area (Å²) >= 11 is 0. The molecule has 2 heterocycles. The van der Waals surface area contributed by atoms with E-state index in [0.29, 0.717) is 25.9 Å². The highest BCUT2D eigenvalue weighted by atomic mass is 16.5. The van der Waals surface area contributed by atoms with Crippen molar-refractivity contribution in [3.63, 3.8) is 0 Å². The standard InChI is InChI=1S/C18H25N3O3/c1-24-15-6-4-13(5-7-15)12-21-10-8-16(18(21)23)20-17(22)11-14-3-2-9-19-14/h4-7,14,16,19H,2-3,8-12H2,1H3,(H,20,22). The Morgan fingerprint density at radius 1 is 1.33 bits per heavy atom. The van der Waals surface area contributed by atoms with Crippen molar-refractivity contribution in [2.45, 2.75) is 44.3 Å². The smallest absolute Gasteiger partial charge is 0.245 e. The van der Waals surface area contributed by atoms with E-state index in [9.17, 15) is 9.59 Å². The van der Waals surface area contributed by atoms with Crippen molar-refractivity contribution in [2.75, 3.05) is 20.2 Å². The van der Waals surface area contributed by atoms with E-state index in [0.717, 1.165) is 30.7 Å². The second-order valence-corrected chi connectivity index (χ2v) is 6.51. The number of carbonyl (C=O) groups is 2. The first-order valence-electron chi connectivity index (χ1n) is 8.60. The number of carbonyl (C=O) groups excluding carboxylic acids is 2. The lowest BCUT2D eigenvalue weighted by atomic mass is 10.1. The quantitative estimate of drug-likeness (QED) is 0.818. The van der Waals surface area contributed by atoms with Crippen LogP contribution < -0.4 is 15.4 Å². The number of likely N-dealkylation sites (tertiary alicyclic amines) is 1. The van der Waals surface area contributed by atoms with E-state index in [1.165, 1.54) is 0 Å². The van der Waals surface area contributed by atoms with Gasteiger partial charge in [0, 0.05) is 25.6 Å². The number of methoxy groups -OCH3 is 1. The number of amides is 2. The van der Waals surface area contributed by atoms with Crippen LogP contribution in [0, 0.1) is 0 Å². The minimum atomic E-state index is -0.378. The van der Waals surface area contributed by atoms with Gasteiger partial charge in [0.1, 0.15) is 11.8 Å². The summed E-state index contributed by atoms with van der Waals surface area (Å²) in [7, 11) is 1.63. The van der Waals surface area contributed by atoms with Crippen LogP contribution in [-0.2, 0) is 16.1 Å². The van der Waals surface area contributed by atoms with Crippen LogP contribution >= 0.6 is 0 Å². The summed E-state index contributed by atoms with van der Waals surface area (Å²) in [6.07, 6.45) is 3.30. The second kappa shape index (κ2) is 7.66. The Hall–Kier alpha value is -2.08. The average Bonchev–Trinajstić information content (AvgIpc) is 3.21. The fourth-order valence-corrected chi connectivity index (χ4v) is 3.39. The van der Waals surface area contributed by atoms with Crippen LogP contribution in [0.15, 0.2) is 24.3 Å². The molecule has 2 N–H and O–H groups in total. The highest BCUT2D eigenvalue weighted by Gasteiger charge is 2.33. The molecule has 6 heteroatoms.